The highest BCUT2D eigenvalue weighted by atomic mass is 32.2. The summed E-state index contributed by atoms with van der Waals surface area (Å²) < 4.78 is 51.7. The number of halogens is 1. The van der Waals surface area contributed by atoms with Gasteiger partial charge in [0.25, 0.3) is 10.0 Å². The number of benzene rings is 3. The summed E-state index contributed by atoms with van der Waals surface area (Å²) in [5.41, 5.74) is 0.813. The van der Waals surface area contributed by atoms with Gasteiger partial charge < -0.3 is 9.47 Å². The van der Waals surface area contributed by atoms with Crippen molar-refractivity contribution in [2.75, 3.05) is 23.4 Å². The standard InChI is InChI=1S/C22H19FN2O5S/c1-29-18-11-17(12-19(13-18)30-2)25-22(26)24(14-15-6-5-7-16(23)10-15)20-8-3-4-9-21(20)31(25,27)28/h3-13H,14H2,1-2H3. The zero-order valence-electron chi connectivity index (χ0n) is 16.8. The van der Waals surface area contributed by atoms with E-state index in [4.69, 9.17) is 9.47 Å². The van der Waals surface area contributed by atoms with Crippen LogP contribution in [0.3, 0.4) is 0 Å². The Bertz CT molecular complexity index is 1240. The zero-order valence-corrected chi connectivity index (χ0v) is 17.6. The zero-order chi connectivity index (χ0) is 22.2. The molecule has 1 aliphatic heterocycles. The molecule has 0 aliphatic carbocycles. The molecule has 0 saturated heterocycles. The largest absolute Gasteiger partial charge is 0.497 e. The highest BCUT2D eigenvalue weighted by Gasteiger charge is 2.42. The summed E-state index contributed by atoms with van der Waals surface area (Å²) in [7, 11) is -1.36. The summed E-state index contributed by atoms with van der Waals surface area (Å²) in [6.45, 7) is -0.0132. The van der Waals surface area contributed by atoms with E-state index in [0.717, 1.165) is 0 Å². The molecule has 0 aromatic heterocycles. The van der Waals surface area contributed by atoms with Crippen LogP contribution in [-0.2, 0) is 16.6 Å². The summed E-state index contributed by atoms with van der Waals surface area (Å²) in [4.78, 5) is 14.8. The van der Waals surface area contributed by atoms with Crippen molar-refractivity contribution in [3.05, 3.63) is 78.1 Å². The molecule has 160 valence electrons. The van der Waals surface area contributed by atoms with Crippen molar-refractivity contribution in [3.8, 4) is 11.5 Å². The molecule has 0 fully saturated rings. The Labute approximate surface area is 179 Å². The number of ether oxygens (including phenoxy) is 2. The first kappa shape index (κ1) is 20.7. The number of urea groups is 1. The van der Waals surface area contributed by atoms with Gasteiger partial charge in [0.2, 0.25) is 0 Å². The lowest BCUT2D eigenvalue weighted by Crippen LogP contribution is -2.50. The minimum atomic E-state index is -4.21. The van der Waals surface area contributed by atoms with E-state index in [0.29, 0.717) is 21.4 Å². The van der Waals surface area contributed by atoms with Gasteiger partial charge in [-0.2, -0.15) is 4.31 Å². The van der Waals surface area contributed by atoms with E-state index in [-0.39, 0.29) is 22.8 Å². The molecule has 4 rings (SSSR count). The van der Waals surface area contributed by atoms with Crippen LogP contribution in [0.5, 0.6) is 11.5 Å². The monoisotopic (exact) mass is 442 g/mol. The number of anilines is 2. The molecule has 3 aromatic rings. The molecule has 0 saturated carbocycles. The molecule has 2 amide bonds. The second-order valence-electron chi connectivity index (χ2n) is 6.81. The molecular formula is C22H19FN2O5S. The first-order valence-electron chi connectivity index (χ1n) is 9.28. The number of methoxy groups -OCH3 is 2. The van der Waals surface area contributed by atoms with Gasteiger partial charge in [0, 0.05) is 18.2 Å². The summed E-state index contributed by atoms with van der Waals surface area (Å²) in [5.74, 6) is 0.207. The maximum absolute atomic E-state index is 13.7. The van der Waals surface area contributed by atoms with Crippen LogP contribution in [0.2, 0.25) is 0 Å². The Balaban J connectivity index is 1.88. The van der Waals surface area contributed by atoms with Crippen LogP contribution in [0.1, 0.15) is 5.56 Å². The van der Waals surface area contributed by atoms with E-state index in [2.05, 4.69) is 0 Å². The van der Waals surface area contributed by atoms with Gasteiger partial charge in [-0.05, 0) is 29.8 Å². The number of hydrogen-bond acceptors (Lipinski definition) is 5. The van der Waals surface area contributed by atoms with Gasteiger partial charge in [0.05, 0.1) is 32.1 Å². The third-order valence-corrected chi connectivity index (χ3v) is 6.63. The minimum Gasteiger partial charge on any atom is -0.497 e. The van der Waals surface area contributed by atoms with Crippen molar-refractivity contribution >= 4 is 27.4 Å². The lowest BCUT2D eigenvalue weighted by atomic mass is 10.2. The Kier molecular flexibility index (Phi) is 5.28. The Morgan fingerprint density at radius 3 is 2.23 bits per heavy atom. The quantitative estimate of drug-likeness (QED) is 0.593. The Morgan fingerprint density at radius 2 is 1.58 bits per heavy atom. The van der Waals surface area contributed by atoms with Gasteiger partial charge in [-0.15, -0.1) is 0 Å². The number of carbonyl (C=O) groups excluding carboxylic acids is 1. The fourth-order valence-electron chi connectivity index (χ4n) is 3.44. The molecule has 0 unspecified atom stereocenters. The van der Waals surface area contributed by atoms with Gasteiger partial charge in [0.1, 0.15) is 22.2 Å². The number of hydrogen-bond donors (Lipinski definition) is 0. The summed E-state index contributed by atoms with van der Waals surface area (Å²) in [6, 6.07) is 15.7. The van der Waals surface area contributed by atoms with Crippen LogP contribution in [-0.4, -0.2) is 28.7 Å². The highest BCUT2D eigenvalue weighted by Crippen LogP contribution is 2.40. The molecule has 0 N–H and O–H groups in total. The lowest BCUT2D eigenvalue weighted by molar-refractivity contribution is 0.253. The molecule has 1 aliphatic rings. The molecule has 0 bridgehead atoms. The van der Waals surface area contributed by atoms with Gasteiger partial charge in [-0.3, -0.25) is 4.90 Å². The van der Waals surface area contributed by atoms with Gasteiger partial charge in [-0.1, -0.05) is 24.3 Å². The predicted octanol–water partition coefficient (Wildman–Crippen LogP) is 4.18. The minimum absolute atomic E-state index is 0.0132. The molecule has 0 radical (unpaired) electrons. The summed E-state index contributed by atoms with van der Waals surface area (Å²) in [6.07, 6.45) is 0. The number of rotatable bonds is 5. The van der Waals surface area contributed by atoms with Crippen molar-refractivity contribution < 1.29 is 27.1 Å². The SMILES string of the molecule is COc1cc(OC)cc(N2C(=O)N(Cc3cccc(F)c3)c3ccccc3S2(=O)=O)c1. The lowest BCUT2D eigenvalue weighted by Gasteiger charge is -2.36. The second-order valence-corrected chi connectivity index (χ2v) is 8.56. The van der Waals surface area contributed by atoms with E-state index >= 15 is 0 Å². The van der Waals surface area contributed by atoms with Gasteiger partial charge in [-0.25, -0.2) is 17.6 Å². The van der Waals surface area contributed by atoms with Gasteiger partial charge >= 0.3 is 6.03 Å². The van der Waals surface area contributed by atoms with Crippen molar-refractivity contribution in [1.29, 1.82) is 0 Å². The number of amides is 2. The van der Waals surface area contributed by atoms with E-state index in [1.807, 2.05) is 0 Å². The van der Waals surface area contributed by atoms with Crippen LogP contribution in [0, 0.1) is 5.82 Å². The van der Waals surface area contributed by atoms with Crippen LogP contribution < -0.4 is 18.7 Å². The number of carbonyl (C=O) groups is 1. The first-order valence-corrected chi connectivity index (χ1v) is 10.7. The maximum Gasteiger partial charge on any atom is 0.343 e. The predicted molar refractivity (Wildman–Crippen MR) is 114 cm³/mol. The van der Waals surface area contributed by atoms with Crippen LogP contribution in [0.25, 0.3) is 0 Å². The average Bonchev–Trinajstić information content (AvgIpc) is 2.76. The molecular weight excluding hydrogens is 423 g/mol. The molecule has 3 aromatic carbocycles. The van der Waals surface area contributed by atoms with Crippen molar-refractivity contribution in [2.45, 2.75) is 11.4 Å². The van der Waals surface area contributed by atoms with Crippen LogP contribution in [0.4, 0.5) is 20.6 Å². The molecule has 1 heterocycles. The molecule has 9 heteroatoms. The van der Waals surface area contributed by atoms with E-state index < -0.39 is 21.9 Å². The van der Waals surface area contributed by atoms with E-state index in [1.54, 1.807) is 30.3 Å². The van der Waals surface area contributed by atoms with E-state index in [1.165, 1.54) is 55.5 Å². The van der Waals surface area contributed by atoms with Crippen molar-refractivity contribution in [2.24, 2.45) is 0 Å². The fourth-order valence-corrected chi connectivity index (χ4v) is 5.02. The topological polar surface area (TPSA) is 76.2 Å². The first-order chi connectivity index (χ1) is 14.8. The van der Waals surface area contributed by atoms with E-state index in [9.17, 15) is 17.6 Å². The average molecular weight is 442 g/mol. The summed E-state index contributed by atoms with van der Waals surface area (Å²) in [5, 5.41) is 0. The molecule has 0 atom stereocenters. The fraction of sp³-hybridized carbons (Fsp3) is 0.136. The van der Waals surface area contributed by atoms with Crippen molar-refractivity contribution in [1.82, 2.24) is 0 Å². The third kappa shape index (κ3) is 3.68. The number of nitrogens with zero attached hydrogens (tertiary/aromatic N) is 2. The van der Waals surface area contributed by atoms with Crippen molar-refractivity contribution in [3.63, 3.8) is 0 Å². The van der Waals surface area contributed by atoms with Crippen LogP contribution >= 0.6 is 0 Å². The number of para-hydroxylation sites is 1. The molecule has 7 nitrogen and oxygen atoms in total. The summed E-state index contributed by atoms with van der Waals surface area (Å²) >= 11 is 0. The Hall–Kier alpha value is -3.59. The molecule has 31 heavy (non-hydrogen) atoms. The second kappa shape index (κ2) is 7.92. The smallest absolute Gasteiger partial charge is 0.343 e. The highest BCUT2D eigenvalue weighted by molar-refractivity contribution is 7.94. The number of fused-ring (bicyclic) bond motifs is 1. The maximum atomic E-state index is 13.7. The van der Waals surface area contributed by atoms with Crippen LogP contribution in [0.15, 0.2) is 71.6 Å². The Morgan fingerprint density at radius 1 is 0.903 bits per heavy atom. The third-order valence-electron chi connectivity index (χ3n) is 4.88. The van der Waals surface area contributed by atoms with Gasteiger partial charge in [0.15, 0.2) is 0 Å². The number of sulfonamides is 1. The molecule has 0 spiro atoms. The normalized spacial score (nSPS) is 14.9.